The molecule has 0 unspecified atom stereocenters. The van der Waals surface area contributed by atoms with Crippen LogP contribution < -0.4 is 5.73 Å². The van der Waals surface area contributed by atoms with Crippen molar-refractivity contribution in [3.8, 4) is 11.5 Å². The minimum absolute atomic E-state index is 0.0545. The molecule has 1 saturated heterocycles. The van der Waals surface area contributed by atoms with Gasteiger partial charge in [-0.25, -0.2) is 0 Å². The summed E-state index contributed by atoms with van der Waals surface area (Å²) in [6, 6.07) is 5.48. The van der Waals surface area contributed by atoms with E-state index in [9.17, 15) is 4.79 Å². The number of hydrogen-bond acceptors (Lipinski definition) is 5. The number of likely N-dealkylation sites (tertiary alicyclic amines) is 1. The quantitative estimate of drug-likeness (QED) is 0.788. The van der Waals surface area contributed by atoms with E-state index >= 15 is 0 Å². The van der Waals surface area contributed by atoms with Gasteiger partial charge in [-0.3, -0.25) is 9.89 Å². The summed E-state index contributed by atoms with van der Waals surface area (Å²) in [6.07, 6.45) is 2.80. The number of nitrogens with two attached hydrogens (primary N) is 1. The van der Waals surface area contributed by atoms with Crippen LogP contribution in [0.1, 0.15) is 35.5 Å². The number of H-pyrrole nitrogens is 1. The van der Waals surface area contributed by atoms with Gasteiger partial charge in [0.2, 0.25) is 0 Å². The SMILES string of the molecule is Cc1ccc(-c2cc(C(=O)N3CCC(OCCCN)CC3)n[nH]2)o1. The molecule has 0 spiro atoms. The summed E-state index contributed by atoms with van der Waals surface area (Å²) in [4.78, 5) is 14.4. The van der Waals surface area contributed by atoms with Gasteiger partial charge in [0.05, 0.1) is 6.10 Å². The normalized spacial score (nSPS) is 15.8. The van der Waals surface area contributed by atoms with Gasteiger partial charge >= 0.3 is 0 Å². The number of hydrogen-bond donors (Lipinski definition) is 2. The second-order valence-corrected chi connectivity index (χ2v) is 6.08. The lowest BCUT2D eigenvalue weighted by Crippen LogP contribution is -2.41. The van der Waals surface area contributed by atoms with Crippen molar-refractivity contribution in [1.29, 1.82) is 0 Å². The smallest absolute Gasteiger partial charge is 0.274 e. The molecule has 0 radical (unpaired) electrons. The monoisotopic (exact) mass is 332 g/mol. The molecule has 1 aliphatic heterocycles. The van der Waals surface area contributed by atoms with Crippen molar-refractivity contribution in [2.75, 3.05) is 26.2 Å². The van der Waals surface area contributed by atoms with Gasteiger partial charge in [0.25, 0.3) is 5.91 Å². The molecule has 0 aromatic carbocycles. The third-order valence-electron chi connectivity index (χ3n) is 4.23. The van der Waals surface area contributed by atoms with E-state index in [-0.39, 0.29) is 12.0 Å². The summed E-state index contributed by atoms with van der Waals surface area (Å²) < 4.78 is 11.3. The van der Waals surface area contributed by atoms with E-state index in [1.807, 2.05) is 24.0 Å². The molecule has 1 amide bonds. The predicted octanol–water partition coefficient (Wildman–Crippen LogP) is 1.95. The minimum Gasteiger partial charge on any atom is -0.460 e. The van der Waals surface area contributed by atoms with Crippen LogP contribution in [0.4, 0.5) is 0 Å². The van der Waals surface area contributed by atoms with Gasteiger partial charge < -0.3 is 19.8 Å². The topological polar surface area (TPSA) is 97.4 Å². The fraction of sp³-hybridized carbons (Fsp3) is 0.529. The predicted molar refractivity (Wildman–Crippen MR) is 89.6 cm³/mol. The summed E-state index contributed by atoms with van der Waals surface area (Å²) in [5.74, 6) is 1.46. The largest absolute Gasteiger partial charge is 0.460 e. The zero-order chi connectivity index (χ0) is 16.9. The third-order valence-corrected chi connectivity index (χ3v) is 4.23. The Balaban J connectivity index is 1.55. The molecule has 3 N–H and O–H groups in total. The highest BCUT2D eigenvalue weighted by Crippen LogP contribution is 2.22. The summed E-state index contributed by atoms with van der Waals surface area (Å²) in [5, 5.41) is 7.01. The second-order valence-electron chi connectivity index (χ2n) is 6.08. The highest BCUT2D eigenvalue weighted by molar-refractivity contribution is 5.93. The molecular weight excluding hydrogens is 308 g/mol. The van der Waals surface area contributed by atoms with Crippen LogP contribution >= 0.6 is 0 Å². The van der Waals surface area contributed by atoms with Crippen LogP contribution in [0.15, 0.2) is 22.6 Å². The first-order chi connectivity index (χ1) is 11.7. The zero-order valence-corrected chi connectivity index (χ0v) is 14.0. The molecule has 7 nitrogen and oxygen atoms in total. The average Bonchev–Trinajstić information content (AvgIpc) is 3.24. The van der Waals surface area contributed by atoms with Crippen LogP contribution in [-0.4, -0.2) is 53.3 Å². The Morgan fingerprint density at radius 2 is 2.25 bits per heavy atom. The van der Waals surface area contributed by atoms with Crippen molar-refractivity contribution in [2.45, 2.75) is 32.3 Å². The van der Waals surface area contributed by atoms with Gasteiger partial charge in [-0.1, -0.05) is 0 Å². The highest BCUT2D eigenvalue weighted by Gasteiger charge is 2.25. The molecule has 2 aromatic rings. The van der Waals surface area contributed by atoms with E-state index in [2.05, 4.69) is 10.2 Å². The van der Waals surface area contributed by atoms with Crippen molar-refractivity contribution in [3.05, 3.63) is 29.7 Å². The molecule has 130 valence electrons. The lowest BCUT2D eigenvalue weighted by molar-refractivity contribution is 0.00829. The highest BCUT2D eigenvalue weighted by atomic mass is 16.5. The first-order valence-corrected chi connectivity index (χ1v) is 8.40. The number of aromatic amines is 1. The third kappa shape index (κ3) is 3.85. The standard InChI is InChI=1S/C17H24N4O3/c1-12-3-4-16(24-12)14-11-15(20-19-14)17(22)21-8-5-13(6-9-21)23-10-2-7-18/h3-4,11,13H,2,5-10,18H2,1H3,(H,19,20). The van der Waals surface area contributed by atoms with E-state index in [0.717, 1.165) is 25.0 Å². The fourth-order valence-corrected chi connectivity index (χ4v) is 2.86. The van der Waals surface area contributed by atoms with Gasteiger partial charge in [0.1, 0.15) is 11.5 Å². The number of aromatic nitrogens is 2. The van der Waals surface area contributed by atoms with Crippen LogP contribution in [0.25, 0.3) is 11.5 Å². The van der Waals surface area contributed by atoms with Crippen molar-refractivity contribution < 1.29 is 13.9 Å². The molecule has 3 heterocycles. The molecule has 1 aliphatic rings. The number of nitrogens with zero attached hydrogens (tertiary/aromatic N) is 2. The number of carbonyl (C=O) groups is 1. The molecule has 0 saturated carbocycles. The van der Waals surface area contributed by atoms with Gasteiger partial charge in [-0.2, -0.15) is 5.10 Å². The number of aryl methyl sites for hydroxylation is 1. The molecule has 3 rings (SSSR count). The molecule has 0 atom stereocenters. The molecule has 2 aromatic heterocycles. The van der Waals surface area contributed by atoms with Crippen molar-refractivity contribution in [3.63, 3.8) is 0 Å². The lowest BCUT2D eigenvalue weighted by Gasteiger charge is -2.31. The van der Waals surface area contributed by atoms with E-state index in [0.29, 0.717) is 43.4 Å². The first kappa shape index (κ1) is 16.7. The maximum Gasteiger partial charge on any atom is 0.274 e. The fourth-order valence-electron chi connectivity index (χ4n) is 2.86. The first-order valence-electron chi connectivity index (χ1n) is 8.40. The Hall–Kier alpha value is -2.12. The molecule has 1 fully saturated rings. The van der Waals surface area contributed by atoms with Crippen molar-refractivity contribution >= 4 is 5.91 Å². The Bertz CT molecular complexity index is 671. The van der Waals surface area contributed by atoms with Crippen LogP contribution in [0.2, 0.25) is 0 Å². The number of ether oxygens (including phenoxy) is 1. The number of carbonyl (C=O) groups excluding carboxylic acids is 1. The number of piperidine rings is 1. The van der Waals surface area contributed by atoms with E-state index in [1.165, 1.54) is 0 Å². The van der Waals surface area contributed by atoms with Gasteiger partial charge in [0, 0.05) is 25.8 Å². The Morgan fingerprint density at radius 1 is 1.46 bits per heavy atom. The van der Waals surface area contributed by atoms with Gasteiger partial charge in [-0.05, 0) is 44.9 Å². The summed E-state index contributed by atoms with van der Waals surface area (Å²) in [5.41, 5.74) is 6.60. The van der Waals surface area contributed by atoms with Crippen LogP contribution in [0.3, 0.4) is 0 Å². The van der Waals surface area contributed by atoms with E-state index in [4.69, 9.17) is 14.9 Å². The molecular formula is C17H24N4O3. The van der Waals surface area contributed by atoms with E-state index in [1.54, 1.807) is 6.07 Å². The molecule has 24 heavy (non-hydrogen) atoms. The number of nitrogens with one attached hydrogen (secondary N) is 1. The molecule has 0 bridgehead atoms. The van der Waals surface area contributed by atoms with Crippen LogP contribution in [0, 0.1) is 6.92 Å². The molecule has 7 heteroatoms. The number of rotatable bonds is 6. The lowest BCUT2D eigenvalue weighted by atomic mass is 10.1. The van der Waals surface area contributed by atoms with Crippen LogP contribution in [-0.2, 0) is 4.74 Å². The second kappa shape index (κ2) is 7.63. The van der Waals surface area contributed by atoms with Crippen molar-refractivity contribution in [1.82, 2.24) is 15.1 Å². The van der Waals surface area contributed by atoms with Gasteiger partial charge in [0.15, 0.2) is 11.5 Å². The van der Waals surface area contributed by atoms with Crippen molar-refractivity contribution in [2.24, 2.45) is 5.73 Å². The summed E-state index contributed by atoms with van der Waals surface area (Å²) in [6.45, 7) is 4.60. The Labute approximate surface area is 141 Å². The Kier molecular flexibility index (Phi) is 5.32. The van der Waals surface area contributed by atoms with Gasteiger partial charge in [-0.15, -0.1) is 0 Å². The number of furan rings is 1. The summed E-state index contributed by atoms with van der Waals surface area (Å²) in [7, 11) is 0. The Morgan fingerprint density at radius 3 is 2.92 bits per heavy atom. The maximum atomic E-state index is 12.6. The maximum absolute atomic E-state index is 12.6. The van der Waals surface area contributed by atoms with Crippen LogP contribution in [0.5, 0.6) is 0 Å². The number of amides is 1. The van der Waals surface area contributed by atoms with E-state index < -0.39 is 0 Å². The average molecular weight is 332 g/mol. The zero-order valence-electron chi connectivity index (χ0n) is 14.0. The molecule has 0 aliphatic carbocycles. The summed E-state index contributed by atoms with van der Waals surface area (Å²) >= 11 is 0. The minimum atomic E-state index is -0.0545.